The topological polar surface area (TPSA) is 88.9 Å². The number of nitrogens with zero attached hydrogens (tertiary/aromatic N) is 3. The highest BCUT2D eigenvalue weighted by molar-refractivity contribution is 9.10. The van der Waals surface area contributed by atoms with Gasteiger partial charge in [0.25, 0.3) is 5.91 Å². The second-order valence-corrected chi connectivity index (χ2v) is 8.22. The number of hydrogen-bond acceptors (Lipinski definition) is 5. The first-order valence-corrected chi connectivity index (χ1v) is 10.7. The number of aromatic nitrogens is 3. The summed E-state index contributed by atoms with van der Waals surface area (Å²) in [5, 5.41) is 14.1. The van der Waals surface area contributed by atoms with Crippen molar-refractivity contribution < 1.29 is 14.0 Å². The Balaban J connectivity index is 1.53. The Labute approximate surface area is 185 Å². The maximum atomic E-state index is 13.7. The quantitative estimate of drug-likeness (QED) is 0.492. The summed E-state index contributed by atoms with van der Waals surface area (Å²) in [7, 11) is 1.74. The van der Waals surface area contributed by atoms with E-state index in [4.69, 9.17) is 0 Å². The average molecular weight is 492 g/mol. The van der Waals surface area contributed by atoms with Gasteiger partial charge in [-0.2, -0.15) is 0 Å². The van der Waals surface area contributed by atoms with Crippen LogP contribution in [0.25, 0.3) is 0 Å². The number of aryl methyl sites for hydroxylation is 1. The van der Waals surface area contributed by atoms with Gasteiger partial charge >= 0.3 is 0 Å². The molecule has 0 saturated heterocycles. The van der Waals surface area contributed by atoms with Gasteiger partial charge in [-0.3, -0.25) is 9.59 Å². The highest BCUT2D eigenvalue weighted by atomic mass is 79.9. The average Bonchev–Trinajstić information content (AvgIpc) is 3.07. The second kappa shape index (κ2) is 9.86. The molecule has 0 aliphatic heterocycles. The van der Waals surface area contributed by atoms with Crippen LogP contribution in [0.15, 0.2) is 52.1 Å². The van der Waals surface area contributed by atoms with Crippen LogP contribution in [0.2, 0.25) is 0 Å². The molecule has 156 valence electrons. The van der Waals surface area contributed by atoms with Crippen molar-refractivity contribution in [1.82, 2.24) is 20.1 Å². The molecule has 2 amide bonds. The Morgan fingerprint density at radius 1 is 1.20 bits per heavy atom. The van der Waals surface area contributed by atoms with Crippen LogP contribution < -0.4 is 10.6 Å². The zero-order chi connectivity index (χ0) is 21.7. The molecule has 10 heteroatoms. The van der Waals surface area contributed by atoms with E-state index in [2.05, 4.69) is 36.8 Å². The molecule has 0 spiro atoms. The van der Waals surface area contributed by atoms with Crippen LogP contribution in [0.5, 0.6) is 0 Å². The third kappa shape index (κ3) is 5.45. The van der Waals surface area contributed by atoms with Gasteiger partial charge in [0.1, 0.15) is 5.82 Å². The van der Waals surface area contributed by atoms with Crippen LogP contribution >= 0.6 is 27.7 Å². The van der Waals surface area contributed by atoms with Gasteiger partial charge < -0.3 is 15.2 Å². The van der Waals surface area contributed by atoms with E-state index >= 15 is 0 Å². The minimum absolute atomic E-state index is 0.0332. The molecule has 1 heterocycles. The summed E-state index contributed by atoms with van der Waals surface area (Å²) in [5.74, 6) is -0.640. The fourth-order valence-electron chi connectivity index (χ4n) is 2.57. The van der Waals surface area contributed by atoms with E-state index < -0.39 is 11.7 Å². The summed E-state index contributed by atoms with van der Waals surface area (Å²) in [6.45, 7) is 2.03. The number of carbonyl (C=O) groups excluding carboxylic acids is 2. The lowest BCUT2D eigenvalue weighted by molar-refractivity contribution is -0.113. The number of halogens is 2. The summed E-state index contributed by atoms with van der Waals surface area (Å²) >= 11 is 4.66. The molecule has 0 saturated carbocycles. The first-order chi connectivity index (χ1) is 14.3. The van der Waals surface area contributed by atoms with Crippen LogP contribution in [0.4, 0.5) is 10.1 Å². The minimum atomic E-state index is -0.587. The Bertz CT molecular complexity index is 1090. The summed E-state index contributed by atoms with van der Waals surface area (Å²) in [5.41, 5.74) is 1.71. The lowest BCUT2D eigenvalue weighted by Crippen LogP contribution is -2.25. The smallest absolute Gasteiger partial charge is 0.254 e. The summed E-state index contributed by atoms with van der Waals surface area (Å²) in [6.07, 6.45) is 0. The largest absolute Gasteiger partial charge is 0.345 e. The van der Waals surface area contributed by atoms with E-state index in [0.29, 0.717) is 11.0 Å². The molecule has 0 unspecified atom stereocenters. The first kappa shape index (κ1) is 22.0. The van der Waals surface area contributed by atoms with E-state index in [9.17, 15) is 14.0 Å². The fourth-order valence-corrected chi connectivity index (χ4v) is 3.55. The van der Waals surface area contributed by atoms with E-state index in [0.717, 1.165) is 15.7 Å². The van der Waals surface area contributed by atoms with Gasteiger partial charge in [0.05, 0.1) is 17.9 Å². The SMILES string of the molecule is Cc1cc(NC(=O)CSc2nnc(CNC(=O)c3ccccc3F)n2C)ccc1Br. The second-order valence-electron chi connectivity index (χ2n) is 6.42. The van der Waals surface area contributed by atoms with Crippen molar-refractivity contribution in [2.75, 3.05) is 11.1 Å². The lowest BCUT2D eigenvalue weighted by Gasteiger charge is -2.08. The van der Waals surface area contributed by atoms with E-state index in [1.54, 1.807) is 17.7 Å². The maximum Gasteiger partial charge on any atom is 0.254 e. The van der Waals surface area contributed by atoms with E-state index in [1.165, 1.54) is 30.0 Å². The van der Waals surface area contributed by atoms with Crippen molar-refractivity contribution in [3.05, 3.63) is 69.7 Å². The summed E-state index contributed by atoms with van der Waals surface area (Å²) < 4.78 is 16.3. The standard InChI is InChI=1S/C20H19BrFN5O2S/c1-12-9-13(7-8-15(12)21)24-18(28)11-30-20-26-25-17(27(20)2)10-23-19(29)14-5-3-4-6-16(14)22/h3-9H,10-11H2,1-2H3,(H,23,29)(H,24,28). The van der Waals surface area contributed by atoms with Crippen LogP contribution in [-0.2, 0) is 18.4 Å². The molecule has 0 atom stereocenters. The highest BCUT2D eigenvalue weighted by Crippen LogP contribution is 2.21. The van der Waals surface area contributed by atoms with Gasteiger partial charge in [-0.15, -0.1) is 10.2 Å². The van der Waals surface area contributed by atoms with Crippen molar-refractivity contribution in [1.29, 1.82) is 0 Å². The van der Waals surface area contributed by atoms with Crippen LogP contribution in [0, 0.1) is 12.7 Å². The van der Waals surface area contributed by atoms with Crippen molar-refractivity contribution in [3.63, 3.8) is 0 Å². The number of amides is 2. The number of anilines is 1. The third-order valence-corrected chi connectivity index (χ3v) is 6.13. The van der Waals surface area contributed by atoms with Crippen LogP contribution in [0.3, 0.4) is 0 Å². The molecule has 0 aliphatic carbocycles. The Morgan fingerprint density at radius 3 is 2.70 bits per heavy atom. The number of benzene rings is 2. The minimum Gasteiger partial charge on any atom is -0.345 e. The zero-order valence-corrected chi connectivity index (χ0v) is 18.7. The molecule has 2 N–H and O–H groups in total. The van der Waals surface area contributed by atoms with Crippen molar-refractivity contribution in [3.8, 4) is 0 Å². The number of hydrogen-bond donors (Lipinski definition) is 2. The monoisotopic (exact) mass is 491 g/mol. The van der Waals surface area contributed by atoms with Crippen molar-refractivity contribution in [2.45, 2.75) is 18.6 Å². The Hall–Kier alpha value is -2.72. The van der Waals surface area contributed by atoms with Crippen LogP contribution in [0.1, 0.15) is 21.7 Å². The number of nitrogens with one attached hydrogen (secondary N) is 2. The predicted octanol–water partition coefficient (Wildman–Crippen LogP) is 3.69. The van der Waals surface area contributed by atoms with Gasteiger partial charge in [-0.1, -0.05) is 39.8 Å². The molecule has 2 aromatic carbocycles. The Kier molecular flexibility index (Phi) is 7.22. The predicted molar refractivity (Wildman–Crippen MR) is 117 cm³/mol. The Morgan fingerprint density at radius 2 is 1.97 bits per heavy atom. The van der Waals surface area contributed by atoms with Gasteiger partial charge in [0, 0.05) is 17.2 Å². The molecular weight excluding hydrogens is 473 g/mol. The molecular formula is C20H19BrFN5O2S. The molecule has 7 nitrogen and oxygen atoms in total. The molecule has 0 fully saturated rings. The molecule has 3 rings (SSSR count). The molecule has 0 aliphatic rings. The first-order valence-electron chi connectivity index (χ1n) is 8.95. The lowest BCUT2D eigenvalue weighted by atomic mass is 10.2. The fraction of sp³-hybridized carbons (Fsp3) is 0.200. The molecule has 1 aromatic heterocycles. The van der Waals surface area contributed by atoms with E-state index in [1.807, 2.05) is 25.1 Å². The van der Waals surface area contributed by atoms with Crippen LogP contribution in [-0.4, -0.2) is 32.3 Å². The normalized spacial score (nSPS) is 10.7. The van der Waals surface area contributed by atoms with E-state index in [-0.39, 0.29) is 23.8 Å². The molecule has 0 bridgehead atoms. The molecule has 0 radical (unpaired) electrons. The highest BCUT2D eigenvalue weighted by Gasteiger charge is 2.15. The zero-order valence-electron chi connectivity index (χ0n) is 16.3. The van der Waals surface area contributed by atoms with Crippen molar-refractivity contribution >= 4 is 45.2 Å². The number of carbonyl (C=O) groups is 2. The summed E-state index contributed by atoms with van der Waals surface area (Å²) in [4.78, 5) is 24.3. The molecule has 30 heavy (non-hydrogen) atoms. The third-order valence-electron chi connectivity index (χ3n) is 4.22. The van der Waals surface area contributed by atoms with Gasteiger partial charge in [-0.05, 0) is 42.8 Å². The summed E-state index contributed by atoms with van der Waals surface area (Å²) in [6, 6.07) is 11.3. The number of rotatable bonds is 7. The van der Waals surface area contributed by atoms with Gasteiger partial charge in [0.2, 0.25) is 5.91 Å². The van der Waals surface area contributed by atoms with Crippen molar-refractivity contribution in [2.24, 2.45) is 7.05 Å². The number of thioether (sulfide) groups is 1. The maximum absolute atomic E-state index is 13.7. The van der Waals surface area contributed by atoms with Gasteiger partial charge in [-0.25, -0.2) is 4.39 Å². The molecule has 3 aromatic rings. The van der Waals surface area contributed by atoms with Gasteiger partial charge in [0.15, 0.2) is 11.0 Å².